The molecule has 1 aliphatic rings. The maximum absolute atomic E-state index is 12.5. The largest absolute Gasteiger partial charge is 0.439 e. The Morgan fingerprint density at radius 2 is 2.04 bits per heavy atom. The summed E-state index contributed by atoms with van der Waals surface area (Å²) in [4.78, 5) is 12.5. The molecule has 0 unspecified atom stereocenters. The van der Waals surface area contributed by atoms with Gasteiger partial charge in [0.05, 0.1) is 10.7 Å². The maximum atomic E-state index is 12.5. The van der Waals surface area contributed by atoms with Crippen molar-refractivity contribution in [3.05, 3.63) is 58.1 Å². The molecule has 0 aromatic heterocycles. The summed E-state index contributed by atoms with van der Waals surface area (Å²) < 4.78 is 5.49. The number of hydrogen-bond donors (Lipinski definition) is 2. The number of nitrogens with zero attached hydrogens (tertiary/aromatic N) is 1. The van der Waals surface area contributed by atoms with Gasteiger partial charge < -0.3 is 15.3 Å². The molecule has 23 heavy (non-hydrogen) atoms. The predicted octanol–water partition coefficient (Wildman–Crippen LogP) is 3.97. The molecule has 118 valence electrons. The van der Waals surface area contributed by atoms with Gasteiger partial charge in [-0.3, -0.25) is 4.79 Å². The second kappa shape index (κ2) is 6.48. The Labute approximate surface area is 142 Å². The first-order valence-electron chi connectivity index (χ1n) is 6.82. The number of hydrogen-bond acceptors (Lipinski definition) is 4. The predicted molar refractivity (Wildman–Crippen MR) is 88.6 cm³/mol. The Morgan fingerprint density at radius 1 is 1.26 bits per heavy atom. The molecular formula is C16H12Cl2N2O3. The fourth-order valence-electron chi connectivity index (χ4n) is 2.37. The fourth-order valence-corrected chi connectivity index (χ4v) is 2.71. The van der Waals surface area contributed by atoms with Crippen molar-refractivity contribution < 1.29 is 14.7 Å². The topological polar surface area (TPSA) is 70.9 Å². The van der Waals surface area contributed by atoms with Gasteiger partial charge in [0, 0.05) is 5.02 Å². The Balaban J connectivity index is 1.85. The Kier molecular flexibility index (Phi) is 4.41. The van der Waals surface area contributed by atoms with Crippen molar-refractivity contribution in [2.24, 2.45) is 11.1 Å². The average molecular weight is 351 g/mol. The first-order valence-corrected chi connectivity index (χ1v) is 7.57. The van der Waals surface area contributed by atoms with Gasteiger partial charge in [0.15, 0.2) is 0 Å². The normalized spacial score (nSPS) is 18.2. The van der Waals surface area contributed by atoms with Gasteiger partial charge in [-0.25, -0.2) is 0 Å². The van der Waals surface area contributed by atoms with Crippen LogP contribution in [-0.2, 0) is 11.2 Å². The Morgan fingerprint density at radius 3 is 2.83 bits per heavy atom. The number of ether oxygens (including phenoxy) is 1. The third-order valence-electron chi connectivity index (χ3n) is 3.51. The van der Waals surface area contributed by atoms with Crippen molar-refractivity contribution in [2.45, 2.75) is 6.42 Å². The second-order valence-electron chi connectivity index (χ2n) is 5.02. The van der Waals surface area contributed by atoms with Gasteiger partial charge >= 0.3 is 0 Å². The summed E-state index contributed by atoms with van der Waals surface area (Å²) in [6, 6.07) is 12.0. The highest BCUT2D eigenvalue weighted by atomic mass is 35.5. The molecule has 7 heteroatoms. The van der Waals surface area contributed by atoms with Crippen LogP contribution in [0.25, 0.3) is 0 Å². The van der Waals surface area contributed by atoms with Crippen LogP contribution in [0.1, 0.15) is 5.56 Å². The van der Waals surface area contributed by atoms with Crippen LogP contribution in [0.15, 0.2) is 47.6 Å². The molecular weight excluding hydrogens is 339 g/mol. The van der Waals surface area contributed by atoms with E-state index in [-0.39, 0.29) is 5.90 Å². The van der Waals surface area contributed by atoms with E-state index in [4.69, 9.17) is 33.1 Å². The SMILES string of the molecule is O=C(Nc1cc(Cl)ccc1Cl)[C@@H]1Cc2ccccc2O/C1=N/O. The first kappa shape index (κ1) is 15.6. The van der Waals surface area contributed by atoms with Crippen LogP contribution in [0.3, 0.4) is 0 Å². The number of carbonyl (C=O) groups excluding carboxylic acids is 1. The molecule has 2 N–H and O–H groups in total. The standard InChI is InChI=1S/C16H12Cl2N2O3/c17-10-5-6-12(18)13(8-10)19-15(21)11-7-9-3-1-2-4-14(9)23-16(11)20-22/h1-6,8,11,22H,7H2,(H,19,21)/b20-16+/t11-/m0/s1. The minimum atomic E-state index is -0.759. The van der Waals surface area contributed by atoms with Crippen LogP contribution in [0, 0.1) is 5.92 Å². The van der Waals surface area contributed by atoms with Gasteiger partial charge in [-0.1, -0.05) is 46.6 Å². The summed E-state index contributed by atoms with van der Waals surface area (Å²) in [5.74, 6) is -0.633. The van der Waals surface area contributed by atoms with E-state index in [0.29, 0.717) is 27.9 Å². The van der Waals surface area contributed by atoms with Crippen molar-refractivity contribution in [2.75, 3.05) is 5.32 Å². The third-order valence-corrected chi connectivity index (χ3v) is 4.08. The third kappa shape index (κ3) is 3.25. The molecule has 1 amide bonds. The molecule has 0 bridgehead atoms. The van der Waals surface area contributed by atoms with E-state index in [1.54, 1.807) is 30.3 Å². The number of para-hydroxylation sites is 1. The second-order valence-corrected chi connectivity index (χ2v) is 5.86. The van der Waals surface area contributed by atoms with E-state index < -0.39 is 11.8 Å². The molecule has 0 radical (unpaired) electrons. The van der Waals surface area contributed by atoms with Crippen LogP contribution in [-0.4, -0.2) is 17.0 Å². The van der Waals surface area contributed by atoms with Crippen LogP contribution < -0.4 is 10.1 Å². The highest BCUT2D eigenvalue weighted by Gasteiger charge is 2.33. The highest BCUT2D eigenvalue weighted by molar-refractivity contribution is 6.35. The number of rotatable bonds is 2. The molecule has 1 aliphatic heterocycles. The van der Waals surface area contributed by atoms with E-state index >= 15 is 0 Å². The molecule has 0 fully saturated rings. The molecule has 0 saturated carbocycles. The smallest absolute Gasteiger partial charge is 0.243 e. The van der Waals surface area contributed by atoms with E-state index in [0.717, 1.165) is 5.56 Å². The first-order chi connectivity index (χ1) is 11.1. The molecule has 0 aliphatic carbocycles. The van der Waals surface area contributed by atoms with E-state index in [2.05, 4.69) is 10.5 Å². The lowest BCUT2D eigenvalue weighted by Gasteiger charge is -2.24. The quantitative estimate of drug-likeness (QED) is 0.635. The molecule has 0 saturated heterocycles. The summed E-state index contributed by atoms with van der Waals surface area (Å²) in [6.45, 7) is 0. The fraction of sp³-hybridized carbons (Fsp3) is 0.125. The van der Waals surface area contributed by atoms with Gasteiger partial charge in [-0.15, -0.1) is 0 Å². The highest BCUT2D eigenvalue weighted by Crippen LogP contribution is 2.30. The number of carbonyl (C=O) groups is 1. The summed E-state index contributed by atoms with van der Waals surface area (Å²) in [5.41, 5.74) is 1.25. The number of amides is 1. The van der Waals surface area contributed by atoms with Crippen molar-refractivity contribution in [1.29, 1.82) is 0 Å². The van der Waals surface area contributed by atoms with Crippen molar-refractivity contribution >= 4 is 40.7 Å². The van der Waals surface area contributed by atoms with Crippen LogP contribution >= 0.6 is 23.2 Å². The van der Waals surface area contributed by atoms with Crippen molar-refractivity contribution in [3.63, 3.8) is 0 Å². The number of nitrogens with one attached hydrogen (secondary N) is 1. The monoisotopic (exact) mass is 350 g/mol. The molecule has 5 nitrogen and oxygen atoms in total. The zero-order valence-electron chi connectivity index (χ0n) is 11.8. The summed E-state index contributed by atoms with van der Waals surface area (Å²) in [5, 5.41) is 15.7. The van der Waals surface area contributed by atoms with Gasteiger partial charge in [-0.2, -0.15) is 0 Å². The summed E-state index contributed by atoms with van der Waals surface area (Å²) in [6.07, 6.45) is 0.361. The summed E-state index contributed by atoms with van der Waals surface area (Å²) >= 11 is 12.0. The van der Waals surface area contributed by atoms with E-state index in [1.165, 1.54) is 0 Å². The molecule has 1 atom stereocenters. The minimum Gasteiger partial charge on any atom is -0.439 e. The van der Waals surface area contributed by atoms with E-state index in [9.17, 15) is 4.79 Å². The average Bonchev–Trinajstić information content (AvgIpc) is 2.56. The van der Waals surface area contributed by atoms with Gasteiger partial charge in [0.2, 0.25) is 11.8 Å². The van der Waals surface area contributed by atoms with Gasteiger partial charge in [0.1, 0.15) is 11.7 Å². The molecule has 3 rings (SSSR count). The molecule has 2 aromatic carbocycles. The Bertz CT molecular complexity index is 793. The number of benzene rings is 2. The van der Waals surface area contributed by atoms with Crippen LogP contribution in [0.4, 0.5) is 5.69 Å². The molecule has 1 heterocycles. The molecule has 2 aromatic rings. The zero-order chi connectivity index (χ0) is 16.4. The summed E-state index contributed by atoms with van der Waals surface area (Å²) in [7, 11) is 0. The number of fused-ring (bicyclic) bond motifs is 1. The maximum Gasteiger partial charge on any atom is 0.243 e. The lowest BCUT2D eigenvalue weighted by molar-refractivity contribution is -0.118. The lowest BCUT2D eigenvalue weighted by atomic mass is 9.95. The number of halogens is 2. The van der Waals surface area contributed by atoms with Crippen LogP contribution in [0.5, 0.6) is 5.75 Å². The number of oxime groups is 1. The number of anilines is 1. The minimum absolute atomic E-state index is 0.0562. The Hall–Kier alpha value is -2.24. The van der Waals surface area contributed by atoms with Gasteiger partial charge in [0.25, 0.3) is 0 Å². The van der Waals surface area contributed by atoms with Crippen molar-refractivity contribution in [1.82, 2.24) is 0 Å². The zero-order valence-corrected chi connectivity index (χ0v) is 13.3. The van der Waals surface area contributed by atoms with Gasteiger partial charge in [-0.05, 0) is 36.2 Å². The molecule has 0 spiro atoms. The van der Waals surface area contributed by atoms with E-state index in [1.807, 2.05) is 12.1 Å². The van der Waals surface area contributed by atoms with Crippen LogP contribution in [0.2, 0.25) is 10.0 Å². The lowest BCUT2D eigenvalue weighted by Crippen LogP contribution is -2.37. The van der Waals surface area contributed by atoms with Crippen molar-refractivity contribution in [3.8, 4) is 5.75 Å².